The van der Waals surface area contributed by atoms with E-state index < -0.39 is 0 Å². The minimum Gasteiger partial charge on any atom is -0.489 e. The van der Waals surface area contributed by atoms with Crippen LogP contribution < -0.4 is 4.74 Å². The van der Waals surface area contributed by atoms with Crippen LogP contribution in [-0.2, 0) is 0 Å². The summed E-state index contributed by atoms with van der Waals surface area (Å²) in [6.07, 6.45) is 1.90. The highest BCUT2D eigenvalue weighted by Gasteiger charge is 2.03. The smallest absolute Gasteiger partial charge is 0.243 e. The first kappa shape index (κ1) is 9.27. The van der Waals surface area contributed by atoms with Gasteiger partial charge in [-0.05, 0) is 37.6 Å². The van der Waals surface area contributed by atoms with Gasteiger partial charge in [-0.1, -0.05) is 0 Å². The van der Waals surface area contributed by atoms with Crippen molar-refractivity contribution in [3.63, 3.8) is 0 Å². The number of fused-ring (bicyclic) bond motifs is 1. The molecule has 4 nitrogen and oxygen atoms in total. The van der Waals surface area contributed by atoms with Crippen LogP contribution >= 0.6 is 11.6 Å². The summed E-state index contributed by atoms with van der Waals surface area (Å²) >= 11 is 5.66. The van der Waals surface area contributed by atoms with Gasteiger partial charge in [0.15, 0.2) is 5.65 Å². The quantitative estimate of drug-likeness (QED) is 0.764. The van der Waals surface area contributed by atoms with Crippen molar-refractivity contribution in [2.75, 3.05) is 0 Å². The lowest BCUT2D eigenvalue weighted by atomic mass is 10.4. The van der Waals surface area contributed by atoms with E-state index in [2.05, 4.69) is 10.1 Å². The Morgan fingerprint density at radius 3 is 2.93 bits per heavy atom. The van der Waals surface area contributed by atoms with Gasteiger partial charge in [0.1, 0.15) is 5.75 Å². The highest BCUT2D eigenvalue weighted by molar-refractivity contribution is 6.28. The number of halogens is 1. The van der Waals surface area contributed by atoms with E-state index in [1.165, 1.54) is 0 Å². The molecule has 0 aromatic carbocycles. The Labute approximate surface area is 86.5 Å². The summed E-state index contributed by atoms with van der Waals surface area (Å²) in [6, 6.07) is 3.66. The van der Waals surface area contributed by atoms with Gasteiger partial charge in [0.25, 0.3) is 0 Å². The zero-order chi connectivity index (χ0) is 10.1. The van der Waals surface area contributed by atoms with Gasteiger partial charge < -0.3 is 4.74 Å². The molecule has 0 saturated heterocycles. The Hall–Kier alpha value is -1.29. The summed E-state index contributed by atoms with van der Waals surface area (Å²) in [4.78, 5) is 4.00. The van der Waals surface area contributed by atoms with Crippen molar-refractivity contribution in [3.8, 4) is 5.75 Å². The topological polar surface area (TPSA) is 39.4 Å². The normalized spacial score (nSPS) is 11.1. The van der Waals surface area contributed by atoms with Crippen LogP contribution in [0.5, 0.6) is 5.75 Å². The van der Waals surface area contributed by atoms with Crippen LogP contribution in [0.25, 0.3) is 5.65 Å². The van der Waals surface area contributed by atoms with Gasteiger partial charge in [-0.3, -0.25) is 0 Å². The molecule has 74 valence electrons. The molecule has 0 N–H and O–H groups in total. The number of pyridine rings is 1. The number of hydrogen-bond donors (Lipinski definition) is 0. The standard InChI is InChI=1S/C9H10ClN3O/c1-6(2)14-7-3-4-8-11-9(10)12-13(8)5-7/h3-6H,1-2H3. The Morgan fingerprint density at radius 1 is 1.43 bits per heavy atom. The lowest BCUT2D eigenvalue weighted by Gasteiger charge is -2.08. The molecule has 2 rings (SSSR count). The fraction of sp³-hybridized carbons (Fsp3) is 0.333. The lowest BCUT2D eigenvalue weighted by Crippen LogP contribution is -2.06. The molecule has 0 fully saturated rings. The van der Waals surface area contributed by atoms with E-state index in [4.69, 9.17) is 16.3 Å². The van der Waals surface area contributed by atoms with E-state index >= 15 is 0 Å². The number of rotatable bonds is 2. The van der Waals surface area contributed by atoms with E-state index in [0.29, 0.717) is 5.65 Å². The molecule has 0 aliphatic carbocycles. The zero-order valence-corrected chi connectivity index (χ0v) is 8.69. The molecule has 0 unspecified atom stereocenters. The molecule has 0 atom stereocenters. The zero-order valence-electron chi connectivity index (χ0n) is 7.94. The van der Waals surface area contributed by atoms with Gasteiger partial charge in [0, 0.05) is 0 Å². The Bertz CT molecular complexity index is 452. The molecular weight excluding hydrogens is 202 g/mol. The maximum absolute atomic E-state index is 5.66. The molecule has 0 bridgehead atoms. The third-order valence-electron chi connectivity index (χ3n) is 1.65. The van der Waals surface area contributed by atoms with E-state index in [9.17, 15) is 0 Å². The second kappa shape index (κ2) is 3.46. The number of nitrogens with zero attached hydrogens (tertiary/aromatic N) is 3. The first-order valence-electron chi connectivity index (χ1n) is 4.34. The fourth-order valence-electron chi connectivity index (χ4n) is 1.18. The average Bonchev–Trinajstić information content (AvgIpc) is 2.42. The van der Waals surface area contributed by atoms with E-state index in [1.54, 1.807) is 10.7 Å². The van der Waals surface area contributed by atoms with Crippen molar-refractivity contribution in [1.29, 1.82) is 0 Å². The van der Waals surface area contributed by atoms with Gasteiger partial charge >= 0.3 is 0 Å². The maximum atomic E-state index is 5.66. The van der Waals surface area contributed by atoms with Gasteiger partial charge in [-0.2, -0.15) is 4.98 Å². The molecular formula is C9H10ClN3O. The molecule has 0 aliphatic heterocycles. The van der Waals surface area contributed by atoms with Crippen molar-refractivity contribution in [1.82, 2.24) is 14.6 Å². The van der Waals surface area contributed by atoms with Crippen molar-refractivity contribution in [2.24, 2.45) is 0 Å². The molecule has 2 aromatic rings. The Morgan fingerprint density at radius 2 is 2.21 bits per heavy atom. The van der Waals surface area contributed by atoms with E-state index in [1.807, 2.05) is 26.0 Å². The second-order valence-corrected chi connectivity index (χ2v) is 3.55. The number of hydrogen-bond acceptors (Lipinski definition) is 3. The minimum absolute atomic E-state index is 0.145. The van der Waals surface area contributed by atoms with Gasteiger partial charge in [0.2, 0.25) is 5.28 Å². The summed E-state index contributed by atoms with van der Waals surface area (Å²) in [6.45, 7) is 3.94. The third kappa shape index (κ3) is 1.80. The third-order valence-corrected chi connectivity index (χ3v) is 1.81. The van der Waals surface area contributed by atoms with Crippen LogP contribution in [0, 0.1) is 0 Å². The van der Waals surface area contributed by atoms with Crippen LogP contribution in [-0.4, -0.2) is 20.7 Å². The van der Waals surface area contributed by atoms with E-state index in [0.717, 1.165) is 5.75 Å². The van der Waals surface area contributed by atoms with Crippen molar-refractivity contribution in [3.05, 3.63) is 23.6 Å². The second-order valence-electron chi connectivity index (χ2n) is 3.22. The number of ether oxygens (including phenoxy) is 1. The molecule has 0 radical (unpaired) electrons. The molecule has 5 heteroatoms. The Balaban J connectivity index is 2.40. The molecule has 2 aromatic heterocycles. The van der Waals surface area contributed by atoms with Gasteiger partial charge in [-0.15, -0.1) is 5.10 Å². The van der Waals surface area contributed by atoms with Gasteiger partial charge in [0.05, 0.1) is 12.3 Å². The average molecular weight is 212 g/mol. The summed E-state index contributed by atoms with van der Waals surface area (Å²) in [7, 11) is 0. The minimum atomic E-state index is 0.145. The lowest BCUT2D eigenvalue weighted by molar-refractivity contribution is 0.241. The summed E-state index contributed by atoms with van der Waals surface area (Å²) in [5.74, 6) is 0.758. The van der Waals surface area contributed by atoms with Crippen LogP contribution in [0.4, 0.5) is 0 Å². The molecule has 0 spiro atoms. The monoisotopic (exact) mass is 211 g/mol. The maximum Gasteiger partial charge on any atom is 0.243 e. The van der Waals surface area contributed by atoms with Crippen LogP contribution in [0.1, 0.15) is 13.8 Å². The summed E-state index contributed by atoms with van der Waals surface area (Å²) in [5.41, 5.74) is 0.714. The first-order valence-corrected chi connectivity index (χ1v) is 4.71. The van der Waals surface area contributed by atoms with Crippen molar-refractivity contribution < 1.29 is 4.74 Å². The largest absolute Gasteiger partial charge is 0.489 e. The molecule has 0 amide bonds. The van der Waals surface area contributed by atoms with Crippen molar-refractivity contribution >= 4 is 17.2 Å². The van der Waals surface area contributed by atoms with E-state index in [-0.39, 0.29) is 11.4 Å². The highest BCUT2D eigenvalue weighted by atomic mass is 35.5. The molecule has 0 saturated carbocycles. The highest BCUT2D eigenvalue weighted by Crippen LogP contribution is 2.14. The first-order chi connectivity index (χ1) is 6.65. The number of aromatic nitrogens is 3. The summed E-state index contributed by atoms with van der Waals surface area (Å²) in [5, 5.41) is 4.21. The predicted molar refractivity (Wildman–Crippen MR) is 53.8 cm³/mol. The SMILES string of the molecule is CC(C)Oc1ccc2nc(Cl)nn2c1. The fourth-order valence-corrected chi connectivity index (χ4v) is 1.35. The van der Waals surface area contributed by atoms with Crippen LogP contribution in [0.3, 0.4) is 0 Å². The molecule has 14 heavy (non-hydrogen) atoms. The summed E-state index contributed by atoms with van der Waals surface area (Å²) < 4.78 is 7.10. The Kier molecular flexibility index (Phi) is 2.29. The van der Waals surface area contributed by atoms with Gasteiger partial charge in [-0.25, -0.2) is 4.52 Å². The predicted octanol–water partition coefficient (Wildman–Crippen LogP) is 2.17. The van der Waals surface area contributed by atoms with Crippen LogP contribution in [0.2, 0.25) is 5.28 Å². The molecule has 2 heterocycles. The molecule has 0 aliphatic rings. The van der Waals surface area contributed by atoms with Crippen LogP contribution in [0.15, 0.2) is 18.3 Å². The van der Waals surface area contributed by atoms with Crippen molar-refractivity contribution in [2.45, 2.75) is 20.0 Å².